The van der Waals surface area contributed by atoms with Crippen molar-refractivity contribution in [3.05, 3.63) is 23.8 Å². The van der Waals surface area contributed by atoms with E-state index >= 15 is 0 Å². The third-order valence-corrected chi connectivity index (χ3v) is 5.40. The van der Waals surface area contributed by atoms with Crippen LogP contribution in [-0.2, 0) is 21.2 Å². The molecular weight excluding hydrogens is 276 g/mol. The van der Waals surface area contributed by atoms with E-state index in [1.54, 1.807) is 26.3 Å². The molecule has 6 heteroatoms. The molecule has 0 aromatic heterocycles. The van der Waals surface area contributed by atoms with E-state index in [0.717, 1.165) is 25.1 Å². The smallest absolute Gasteiger partial charge is 0.242 e. The molecule has 112 valence electrons. The maximum Gasteiger partial charge on any atom is 0.242 e. The largest absolute Gasteiger partial charge is 0.385 e. The van der Waals surface area contributed by atoms with E-state index in [-0.39, 0.29) is 0 Å². The van der Waals surface area contributed by atoms with Gasteiger partial charge in [-0.05, 0) is 37.0 Å². The highest BCUT2D eigenvalue weighted by molar-refractivity contribution is 7.89. The minimum Gasteiger partial charge on any atom is -0.385 e. The fourth-order valence-corrected chi connectivity index (χ4v) is 3.57. The van der Waals surface area contributed by atoms with Crippen molar-refractivity contribution in [3.63, 3.8) is 0 Å². The van der Waals surface area contributed by atoms with Crippen LogP contribution in [0.5, 0.6) is 0 Å². The molecule has 1 aromatic carbocycles. The van der Waals surface area contributed by atoms with E-state index in [2.05, 4.69) is 5.32 Å². The van der Waals surface area contributed by atoms with Gasteiger partial charge >= 0.3 is 0 Å². The van der Waals surface area contributed by atoms with Crippen LogP contribution in [0.4, 0.5) is 5.69 Å². The van der Waals surface area contributed by atoms with Crippen molar-refractivity contribution < 1.29 is 13.2 Å². The number of sulfonamides is 1. The van der Waals surface area contributed by atoms with Crippen LogP contribution in [0, 0.1) is 0 Å². The Bertz CT molecular complexity index is 558. The molecular formula is C14H22N2O3S. The van der Waals surface area contributed by atoms with Crippen LogP contribution in [0.2, 0.25) is 0 Å². The van der Waals surface area contributed by atoms with E-state index in [0.29, 0.717) is 24.5 Å². The number of hydrogen-bond acceptors (Lipinski definition) is 4. The third kappa shape index (κ3) is 3.31. The summed E-state index contributed by atoms with van der Waals surface area (Å²) in [5.41, 5.74) is 2.14. The van der Waals surface area contributed by atoms with Gasteiger partial charge in [-0.25, -0.2) is 12.7 Å². The minimum absolute atomic E-state index is 0.352. The van der Waals surface area contributed by atoms with Crippen molar-refractivity contribution in [2.75, 3.05) is 39.2 Å². The molecule has 1 aliphatic heterocycles. The quantitative estimate of drug-likeness (QED) is 0.812. The Morgan fingerprint density at radius 2 is 2.20 bits per heavy atom. The van der Waals surface area contributed by atoms with Crippen LogP contribution >= 0.6 is 0 Å². The standard InChI is InChI=1S/C14H22N2O3S/c1-16(9-4-10-19-2)20(17,18)13-7-6-12-5-3-8-15-14(12)11-13/h6-7,11,15H,3-5,8-10H2,1-2H3. The number of rotatable bonds is 6. The summed E-state index contributed by atoms with van der Waals surface area (Å²) in [7, 11) is -0.191. The molecule has 0 spiro atoms. The molecule has 20 heavy (non-hydrogen) atoms. The Kier molecular flexibility index (Phi) is 5.01. The molecule has 2 rings (SSSR count). The van der Waals surface area contributed by atoms with Crippen molar-refractivity contribution in [1.82, 2.24) is 4.31 Å². The summed E-state index contributed by atoms with van der Waals surface area (Å²) >= 11 is 0. The summed E-state index contributed by atoms with van der Waals surface area (Å²) in [6.45, 7) is 1.92. The van der Waals surface area contributed by atoms with Gasteiger partial charge in [0, 0.05) is 39.5 Å². The Hall–Kier alpha value is -1.11. The van der Waals surface area contributed by atoms with Gasteiger partial charge in [0.2, 0.25) is 10.0 Å². The lowest BCUT2D eigenvalue weighted by molar-refractivity contribution is 0.189. The zero-order valence-electron chi connectivity index (χ0n) is 12.1. The molecule has 1 aromatic rings. The number of hydrogen-bond donors (Lipinski definition) is 1. The summed E-state index contributed by atoms with van der Waals surface area (Å²) in [5.74, 6) is 0. The first kappa shape index (κ1) is 15.3. The van der Waals surface area contributed by atoms with Gasteiger partial charge < -0.3 is 10.1 Å². The van der Waals surface area contributed by atoms with Crippen LogP contribution in [0.3, 0.4) is 0 Å². The highest BCUT2D eigenvalue weighted by atomic mass is 32.2. The van der Waals surface area contributed by atoms with Gasteiger partial charge in [0.1, 0.15) is 0 Å². The first-order chi connectivity index (χ1) is 9.55. The highest BCUT2D eigenvalue weighted by Crippen LogP contribution is 2.26. The van der Waals surface area contributed by atoms with Gasteiger partial charge in [-0.2, -0.15) is 0 Å². The molecule has 1 aliphatic rings. The molecule has 0 saturated heterocycles. The average molecular weight is 298 g/mol. The Morgan fingerprint density at radius 3 is 2.95 bits per heavy atom. The molecule has 5 nitrogen and oxygen atoms in total. The fraction of sp³-hybridized carbons (Fsp3) is 0.571. The topological polar surface area (TPSA) is 58.6 Å². The lowest BCUT2D eigenvalue weighted by Crippen LogP contribution is -2.28. The molecule has 0 aliphatic carbocycles. The van der Waals surface area contributed by atoms with Gasteiger partial charge in [-0.15, -0.1) is 0 Å². The highest BCUT2D eigenvalue weighted by Gasteiger charge is 2.22. The predicted octanol–water partition coefficient (Wildman–Crippen LogP) is 1.70. The number of nitrogens with zero attached hydrogens (tertiary/aromatic N) is 1. The molecule has 0 radical (unpaired) electrons. The monoisotopic (exact) mass is 298 g/mol. The van der Waals surface area contributed by atoms with Crippen molar-refractivity contribution in [2.45, 2.75) is 24.2 Å². The molecule has 0 atom stereocenters. The van der Waals surface area contributed by atoms with Crippen molar-refractivity contribution in [2.24, 2.45) is 0 Å². The van der Waals surface area contributed by atoms with Crippen LogP contribution in [0.25, 0.3) is 0 Å². The fourth-order valence-electron chi connectivity index (χ4n) is 2.33. The number of ether oxygens (including phenoxy) is 1. The summed E-state index contributed by atoms with van der Waals surface area (Å²) < 4.78 is 31.3. The van der Waals surface area contributed by atoms with Crippen LogP contribution < -0.4 is 5.32 Å². The first-order valence-electron chi connectivity index (χ1n) is 6.88. The summed E-state index contributed by atoms with van der Waals surface area (Å²) in [6.07, 6.45) is 2.79. The van der Waals surface area contributed by atoms with E-state index in [1.165, 1.54) is 9.87 Å². The second kappa shape index (κ2) is 6.56. The first-order valence-corrected chi connectivity index (χ1v) is 8.32. The second-order valence-corrected chi connectivity index (χ2v) is 7.07. The van der Waals surface area contributed by atoms with Gasteiger partial charge in [-0.3, -0.25) is 0 Å². The number of anilines is 1. The Morgan fingerprint density at radius 1 is 1.40 bits per heavy atom. The van der Waals surface area contributed by atoms with E-state index in [9.17, 15) is 8.42 Å². The predicted molar refractivity (Wildman–Crippen MR) is 79.6 cm³/mol. The molecule has 0 fully saturated rings. The lowest BCUT2D eigenvalue weighted by Gasteiger charge is -2.21. The number of benzene rings is 1. The normalized spacial score (nSPS) is 14.9. The van der Waals surface area contributed by atoms with Crippen molar-refractivity contribution in [3.8, 4) is 0 Å². The van der Waals surface area contributed by atoms with Gasteiger partial charge in [0.15, 0.2) is 0 Å². The Labute approximate surface area is 121 Å². The van der Waals surface area contributed by atoms with E-state index in [1.807, 2.05) is 6.07 Å². The SMILES string of the molecule is COCCCN(C)S(=O)(=O)c1ccc2c(c1)NCCC2. The lowest BCUT2D eigenvalue weighted by atomic mass is 10.0. The van der Waals surface area contributed by atoms with Crippen LogP contribution in [0.1, 0.15) is 18.4 Å². The molecule has 0 unspecified atom stereocenters. The van der Waals surface area contributed by atoms with Gasteiger partial charge in [0.25, 0.3) is 0 Å². The van der Waals surface area contributed by atoms with E-state index in [4.69, 9.17) is 4.74 Å². The average Bonchev–Trinajstić information content (AvgIpc) is 2.46. The summed E-state index contributed by atoms with van der Waals surface area (Å²) in [4.78, 5) is 0.352. The number of methoxy groups -OCH3 is 1. The summed E-state index contributed by atoms with van der Waals surface area (Å²) in [5, 5.41) is 3.26. The number of fused-ring (bicyclic) bond motifs is 1. The minimum atomic E-state index is -3.42. The zero-order chi connectivity index (χ0) is 14.6. The molecule has 0 saturated carbocycles. The third-order valence-electron chi connectivity index (χ3n) is 3.55. The van der Waals surface area contributed by atoms with Crippen LogP contribution in [0.15, 0.2) is 23.1 Å². The van der Waals surface area contributed by atoms with Crippen molar-refractivity contribution in [1.29, 1.82) is 0 Å². The van der Waals surface area contributed by atoms with Gasteiger partial charge in [-0.1, -0.05) is 6.07 Å². The maximum absolute atomic E-state index is 12.5. The number of aryl methyl sites for hydroxylation is 1. The van der Waals surface area contributed by atoms with E-state index < -0.39 is 10.0 Å². The molecule has 1 heterocycles. The molecule has 1 N–H and O–H groups in total. The maximum atomic E-state index is 12.5. The summed E-state index contributed by atoms with van der Waals surface area (Å²) in [6, 6.07) is 5.36. The Balaban J connectivity index is 2.16. The van der Waals surface area contributed by atoms with Crippen molar-refractivity contribution >= 4 is 15.7 Å². The zero-order valence-corrected chi connectivity index (χ0v) is 12.9. The molecule has 0 bridgehead atoms. The molecule has 0 amide bonds. The van der Waals surface area contributed by atoms with Crippen LogP contribution in [-0.4, -0.2) is 46.6 Å². The number of nitrogens with one attached hydrogen (secondary N) is 1. The second-order valence-electron chi connectivity index (χ2n) is 5.02. The van der Waals surface area contributed by atoms with Gasteiger partial charge in [0.05, 0.1) is 4.90 Å².